The zero-order chi connectivity index (χ0) is 26.3. The Bertz CT molecular complexity index is 423. The molecule has 0 saturated carbocycles. The van der Waals surface area contributed by atoms with E-state index in [1.165, 1.54) is 154 Å². The first kappa shape index (κ1) is 35.5. The summed E-state index contributed by atoms with van der Waals surface area (Å²) in [6.07, 6.45) is 30.6. The van der Waals surface area contributed by atoms with Crippen LogP contribution in [0.25, 0.3) is 0 Å². The van der Waals surface area contributed by atoms with E-state index in [1.54, 1.807) is 0 Å². The molecule has 0 spiro atoms. The second kappa shape index (κ2) is 23.6. The van der Waals surface area contributed by atoms with E-state index in [-0.39, 0.29) is 9.49 Å². The maximum Gasteiger partial charge on any atom is 0.0872 e. The average Bonchev–Trinajstić information content (AvgIpc) is 2.84. The van der Waals surface area contributed by atoms with Gasteiger partial charge in [0.1, 0.15) is 0 Å². The third-order valence-corrected chi connectivity index (χ3v) is 13.0. The summed E-state index contributed by atoms with van der Waals surface area (Å²) in [4.78, 5) is 0. The summed E-state index contributed by atoms with van der Waals surface area (Å²) in [5, 5.41) is 0. The van der Waals surface area contributed by atoms with Gasteiger partial charge in [0.15, 0.2) is 0 Å². The van der Waals surface area contributed by atoms with Gasteiger partial charge >= 0.3 is 0 Å². The molecule has 1 unspecified atom stereocenters. The molecule has 0 aliphatic rings. The number of hydrogen-bond donors (Lipinski definition) is 0. The maximum absolute atomic E-state index is 14.6. The lowest BCUT2D eigenvalue weighted by molar-refractivity contribution is 0.401. The molecule has 35 heavy (non-hydrogen) atoms. The number of rotatable bonds is 27. The Kier molecular flexibility index (Phi) is 23.9. The zero-order valence-corrected chi connectivity index (χ0v) is 26.8. The van der Waals surface area contributed by atoms with Crippen LogP contribution in [0.2, 0.25) is 0 Å². The number of hydrogen-bond acceptors (Lipinski definition) is 2. The van der Waals surface area contributed by atoms with Crippen molar-refractivity contribution in [3.8, 4) is 0 Å². The Morgan fingerprint density at radius 2 is 0.686 bits per heavy atom. The van der Waals surface area contributed by atoms with Gasteiger partial charge in [-0.3, -0.25) is 0 Å². The first-order valence-corrected chi connectivity index (χ1v) is 18.6. The molecule has 0 bridgehead atoms. The predicted octanol–water partition coefficient (Wildman–Crippen LogP) is 12.3. The van der Waals surface area contributed by atoms with E-state index in [2.05, 4.69) is 41.5 Å². The van der Waals surface area contributed by atoms with Crippen molar-refractivity contribution in [2.75, 3.05) is 0 Å². The standard InChI is InChI=1S/C32H66OS2/c1-7-13-19-25-31(26-20-14-8-2,27-21-15-9-3)34-35(33)32(28-22-16-10-4,29-23-17-11-5)30-24-18-12-6/h7-30H2,1-6H3. The monoisotopic (exact) mass is 530 g/mol. The van der Waals surface area contributed by atoms with Crippen LogP contribution < -0.4 is 0 Å². The van der Waals surface area contributed by atoms with Gasteiger partial charge in [-0.25, -0.2) is 4.21 Å². The van der Waals surface area contributed by atoms with Gasteiger partial charge in [-0.05, 0) is 38.5 Å². The highest BCUT2D eigenvalue weighted by molar-refractivity contribution is 8.70. The Morgan fingerprint density at radius 3 is 0.943 bits per heavy atom. The Morgan fingerprint density at radius 1 is 0.429 bits per heavy atom. The molecule has 0 aliphatic carbocycles. The van der Waals surface area contributed by atoms with Crippen molar-refractivity contribution in [1.82, 2.24) is 0 Å². The summed E-state index contributed by atoms with van der Waals surface area (Å²) >= 11 is 0. The lowest BCUT2D eigenvalue weighted by Crippen LogP contribution is -2.37. The molecule has 0 aromatic carbocycles. The molecule has 3 heteroatoms. The topological polar surface area (TPSA) is 17.1 Å². The fourth-order valence-electron chi connectivity index (χ4n) is 5.56. The molecule has 0 saturated heterocycles. The molecule has 0 aliphatic heterocycles. The van der Waals surface area contributed by atoms with E-state index in [4.69, 9.17) is 0 Å². The summed E-state index contributed by atoms with van der Waals surface area (Å²) < 4.78 is 14.9. The van der Waals surface area contributed by atoms with Crippen LogP contribution in [-0.4, -0.2) is 13.7 Å². The smallest absolute Gasteiger partial charge is 0.0872 e. The van der Waals surface area contributed by atoms with Crippen LogP contribution in [-0.2, 0) is 9.83 Å². The van der Waals surface area contributed by atoms with E-state index in [1.807, 2.05) is 10.8 Å². The molecule has 0 aromatic rings. The largest absolute Gasteiger partial charge is 0.247 e. The molecule has 1 atom stereocenters. The van der Waals surface area contributed by atoms with E-state index in [0.29, 0.717) is 0 Å². The Labute approximate surface area is 229 Å². The van der Waals surface area contributed by atoms with Crippen molar-refractivity contribution in [2.45, 2.75) is 205 Å². The third-order valence-electron chi connectivity index (χ3n) is 8.02. The van der Waals surface area contributed by atoms with Gasteiger partial charge in [0.2, 0.25) is 0 Å². The second-order valence-electron chi connectivity index (χ2n) is 11.4. The lowest BCUT2D eigenvalue weighted by atomic mass is 9.89. The van der Waals surface area contributed by atoms with Crippen LogP contribution in [0.4, 0.5) is 0 Å². The molecular formula is C32H66OS2. The van der Waals surface area contributed by atoms with Gasteiger partial charge in [-0.1, -0.05) is 168 Å². The molecule has 212 valence electrons. The van der Waals surface area contributed by atoms with Gasteiger partial charge in [0.25, 0.3) is 0 Å². The maximum atomic E-state index is 14.6. The zero-order valence-electron chi connectivity index (χ0n) is 25.2. The molecular weight excluding hydrogens is 464 g/mol. The highest BCUT2D eigenvalue weighted by atomic mass is 33.1. The van der Waals surface area contributed by atoms with Crippen LogP contribution in [0.3, 0.4) is 0 Å². The van der Waals surface area contributed by atoms with Crippen LogP contribution in [0, 0.1) is 0 Å². The molecule has 0 rings (SSSR count). The van der Waals surface area contributed by atoms with E-state index >= 15 is 0 Å². The summed E-state index contributed by atoms with van der Waals surface area (Å²) in [7, 11) is 1.20. The molecule has 1 nitrogen and oxygen atoms in total. The average molecular weight is 531 g/mol. The molecule has 0 amide bonds. The Balaban J connectivity index is 5.98. The van der Waals surface area contributed by atoms with E-state index < -0.39 is 9.83 Å². The molecule has 0 fully saturated rings. The van der Waals surface area contributed by atoms with Gasteiger partial charge in [0, 0.05) is 4.75 Å². The van der Waals surface area contributed by atoms with Crippen LogP contribution in [0.5, 0.6) is 0 Å². The molecule has 0 N–H and O–H groups in total. The van der Waals surface area contributed by atoms with Gasteiger partial charge in [-0.2, -0.15) is 0 Å². The number of unbranched alkanes of at least 4 members (excludes halogenated alkanes) is 12. The lowest BCUT2D eigenvalue weighted by Gasteiger charge is -2.39. The third kappa shape index (κ3) is 16.2. The minimum Gasteiger partial charge on any atom is -0.247 e. The van der Waals surface area contributed by atoms with Crippen molar-refractivity contribution in [1.29, 1.82) is 0 Å². The van der Waals surface area contributed by atoms with Crippen LogP contribution in [0.15, 0.2) is 0 Å². The van der Waals surface area contributed by atoms with E-state index in [0.717, 1.165) is 0 Å². The van der Waals surface area contributed by atoms with Gasteiger partial charge < -0.3 is 0 Å². The Hall–Kier alpha value is 0.500. The highest BCUT2D eigenvalue weighted by Crippen LogP contribution is 2.49. The molecule has 0 radical (unpaired) electrons. The first-order valence-electron chi connectivity index (χ1n) is 16.1. The van der Waals surface area contributed by atoms with Crippen molar-refractivity contribution < 1.29 is 4.21 Å². The minimum absolute atomic E-state index is 0.0374. The fourth-order valence-corrected chi connectivity index (χ4v) is 10.7. The quantitative estimate of drug-likeness (QED) is 0.0775. The highest BCUT2D eigenvalue weighted by Gasteiger charge is 2.41. The second-order valence-corrected chi connectivity index (χ2v) is 15.2. The fraction of sp³-hybridized carbons (Fsp3) is 1.00. The summed E-state index contributed by atoms with van der Waals surface area (Å²) in [6.45, 7) is 13.9. The predicted molar refractivity (Wildman–Crippen MR) is 166 cm³/mol. The van der Waals surface area contributed by atoms with Crippen molar-refractivity contribution in [3.63, 3.8) is 0 Å². The van der Waals surface area contributed by atoms with Crippen molar-refractivity contribution >= 4 is 20.6 Å². The summed E-state index contributed by atoms with van der Waals surface area (Å²) in [6, 6.07) is 0. The van der Waals surface area contributed by atoms with Gasteiger partial charge in [-0.15, -0.1) is 0 Å². The normalized spacial score (nSPS) is 13.4. The van der Waals surface area contributed by atoms with Crippen LogP contribution in [0.1, 0.15) is 196 Å². The van der Waals surface area contributed by atoms with Crippen molar-refractivity contribution in [3.05, 3.63) is 0 Å². The molecule has 0 aromatic heterocycles. The van der Waals surface area contributed by atoms with Crippen LogP contribution >= 0.6 is 10.8 Å². The summed E-state index contributed by atoms with van der Waals surface area (Å²) in [5.74, 6) is 0. The molecule has 0 heterocycles. The van der Waals surface area contributed by atoms with E-state index in [9.17, 15) is 4.21 Å². The minimum atomic E-state index is -0.796. The SMILES string of the molecule is CCCCCC(CCCCC)(CCCCC)SS(=O)C(CCCCC)(CCCCC)CCCCC. The first-order chi connectivity index (χ1) is 17.0. The van der Waals surface area contributed by atoms with Crippen molar-refractivity contribution in [2.24, 2.45) is 0 Å². The summed E-state index contributed by atoms with van der Waals surface area (Å²) in [5.41, 5.74) is 0. The van der Waals surface area contributed by atoms with Gasteiger partial charge in [0.05, 0.1) is 14.6 Å².